The van der Waals surface area contributed by atoms with E-state index in [1.807, 2.05) is 11.9 Å². The second kappa shape index (κ2) is 6.20. The number of hydrogen-bond acceptors (Lipinski definition) is 2. The minimum Gasteiger partial charge on any atom is -0.341 e. The lowest BCUT2D eigenvalue weighted by molar-refractivity contribution is -0.134. The molecule has 2 rings (SSSR count). The van der Waals surface area contributed by atoms with Crippen molar-refractivity contribution >= 4 is 5.91 Å². The van der Waals surface area contributed by atoms with Gasteiger partial charge in [-0.2, -0.15) is 0 Å². The summed E-state index contributed by atoms with van der Waals surface area (Å²) in [4.78, 5) is 14.1. The largest absolute Gasteiger partial charge is 0.341 e. The van der Waals surface area contributed by atoms with Gasteiger partial charge < -0.3 is 10.6 Å². The lowest BCUT2D eigenvalue weighted by Crippen LogP contribution is -2.32. The monoisotopic (exact) mass is 260 g/mol. The first-order valence-corrected chi connectivity index (χ1v) is 7.18. The number of carbonyl (C=O) groups excluding carboxylic acids is 1. The molecule has 0 radical (unpaired) electrons. The first-order chi connectivity index (χ1) is 9.10. The summed E-state index contributed by atoms with van der Waals surface area (Å²) in [7, 11) is 1.89. The van der Waals surface area contributed by atoms with E-state index in [4.69, 9.17) is 5.73 Å². The summed E-state index contributed by atoms with van der Waals surface area (Å²) < 4.78 is 0. The molecule has 1 aliphatic rings. The first kappa shape index (κ1) is 14.1. The van der Waals surface area contributed by atoms with Crippen LogP contribution in [0.1, 0.15) is 37.3 Å². The van der Waals surface area contributed by atoms with Crippen molar-refractivity contribution in [3.63, 3.8) is 0 Å². The van der Waals surface area contributed by atoms with Crippen molar-refractivity contribution in [2.24, 2.45) is 11.7 Å². The summed E-state index contributed by atoms with van der Waals surface area (Å²) in [6.45, 7) is 2.84. The minimum absolute atomic E-state index is 0.134. The number of aryl methyl sites for hydroxylation is 1. The number of nitrogens with zero attached hydrogens (tertiary/aromatic N) is 1. The molecular weight excluding hydrogens is 236 g/mol. The fraction of sp³-hybridized carbons (Fsp3) is 0.562. The van der Waals surface area contributed by atoms with E-state index in [1.54, 1.807) is 0 Å². The molecule has 1 aromatic rings. The Morgan fingerprint density at radius 3 is 2.42 bits per heavy atom. The van der Waals surface area contributed by atoms with Crippen LogP contribution in [-0.2, 0) is 17.8 Å². The third-order valence-corrected chi connectivity index (χ3v) is 4.05. The number of carbonyl (C=O) groups is 1. The van der Waals surface area contributed by atoms with Crippen LogP contribution in [-0.4, -0.2) is 23.9 Å². The van der Waals surface area contributed by atoms with Gasteiger partial charge in [0.1, 0.15) is 0 Å². The van der Waals surface area contributed by atoms with E-state index in [-0.39, 0.29) is 17.9 Å². The van der Waals surface area contributed by atoms with Crippen LogP contribution in [0.3, 0.4) is 0 Å². The van der Waals surface area contributed by atoms with Crippen molar-refractivity contribution < 1.29 is 4.79 Å². The third-order valence-electron chi connectivity index (χ3n) is 4.05. The van der Waals surface area contributed by atoms with Crippen LogP contribution in [0.5, 0.6) is 0 Å². The van der Waals surface area contributed by atoms with Gasteiger partial charge in [-0.15, -0.1) is 0 Å². The van der Waals surface area contributed by atoms with E-state index < -0.39 is 0 Å². The summed E-state index contributed by atoms with van der Waals surface area (Å²) in [5.74, 6) is 0.377. The predicted molar refractivity (Wildman–Crippen MR) is 77.6 cm³/mol. The highest BCUT2D eigenvalue weighted by Gasteiger charge is 2.29. The second-order valence-electron chi connectivity index (χ2n) is 5.63. The van der Waals surface area contributed by atoms with Gasteiger partial charge in [0.15, 0.2) is 0 Å². The van der Waals surface area contributed by atoms with Crippen LogP contribution in [0.25, 0.3) is 0 Å². The van der Waals surface area contributed by atoms with E-state index in [2.05, 4.69) is 31.2 Å². The van der Waals surface area contributed by atoms with Gasteiger partial charge in [-0.1, -0.05) is 31.2 Å². The van der Waals surface area contributed by atoms with Crippen LogP contribution in [0.15, 0.2) is 24.3 Å². The predicted octanol–water partition coefficient (Wildman–Crippen LogP) is 2.33. The lowest BCUT2D eigenvalue weighted by Gasteiger charge is -2.21. The molecule has 0 aromatic heterocycles. The molecule has 2 atom stereocenters. The summed E-state index contributed by atoms with van der Waals surface area (Å²) in [5, 5.41) is 0. The number of benzene rings is 1. The molecular formula is C16H24N2O. The number of amides is 1. The molecule has 1 aromatic carbocycles. The highest BCUT2D eigenvalue weighted by atomic mass is 16.2. The summed E-state index contributed by atoms with van der Waals surface area (Å²) >= 11 is 0. The normalized spacial score (nSPS) is 22.5. The molecule has 3 nitrogen and oxygen atoms in total. The van der Waals surface area contributed by atoms with Crippen molar-refractivity contribution in [3.8, 4) is 0 Å². The molecule has 0 bridgehead atoms. The quantitative estimate of drug-likeness (QED) is 0.903. The smallest absolute Gasteiger partial charge is 0.225 e. The third kappa shape index (κ3) is 3.57. The van der Waals surface area contributed by atoms with Crippen LogP contribution in [0, 0.1) is 5.92 Å². The minimum atomic E-state index is 0.134. The van der Waals surface area contributed by atoms with Crippen molar-refractivity contribution in [2.45, 2.75) is 45.2 Å². The summed E-state index contributed by atoms with van der Waals surface area (Å²) in [6.07, 6.45) is 3.82. The molecule has 2 N–H and O–H groups in total. The highest BCUT2D eigenvalue weighted by Crippen LogP contribution is 2.26. The lowest BCUT2D eigenvalue weighted by atomic mass is 10.1. The van der Waals surface area contributed by atoms with E-state index in [0.29, 0.717) is 6.54 Å². The maximum absolute atomic E-state index is 12.3. The Bertz CT molecular complexity index is 427. The van der Waals surface area contributed by atoms with Crippen LogP contribution >= 0.6 is 0 Å². The van der Waals surface area contributed by atoms with Crippen molar-refractivity contribution in [3.05, 3.63) is 35.4 Å². The molecule has 0 heterocycles. The Hall–Kier alpha value is -1.35. The fourth-order valence-corrected chi connectivity index (χ4v) is 2.78. The van der Waals surface area contributed by atoms with E-state index in [0.717, 1.165) is 25.7 Å². The van der Waals surface area contributed by atoms with Gasteiger partial charge >= 0.3 is 0 Å². The van der Waals surface area contributed by atoms with Crippen LogP contribution in [0.2, 0.25) is 0 Å². The number of nitrogens with two attached hydrogens (primary N) is 1. The van der Waals surface area contributed by atoms with Gasteiger partial charge in [0.25, 0.3) is 0 Å². The van der Waals surface area contributed by atoms with E-state index in [9.17, 15) is 4.79 Å². The molecule has 19 heavy (non-hydrogen) atoms. The molecule has 1 aliphatic carbocycles. The number of rotatable bonds is 4. The van der Waals surface area contributed by atoms with E-state index in [1.165, 1.54) is 11.1 Å². The SMILES string of the molecule is CCc1ccc(CN(C)C(=O)C2CCC(N)C2)cc1. The van der Waals surface area contributed by atoms with Gasteiger partial charge in [-0.25, -0.2) is 0 Å². The maximum atomic E-state index is 12.3. The average Bonchev–Trinajstić information content (AvgIpc) is 2.85. The van der Waals surface area contributed by atoms with E-state index >= 15 is 0 Å². The molecule has 1 amide bonds. The zero-order valence-electron chi connectivity index (χ0n) is 11.9. The van der Waals surface area contributed by atoms with Gasteiger partial charge in [0.2, 0.25) is 5.91 Å². The molecule has 1 saturated carbocycles. The Morgan fingerprint density at radius 1 is 1.26 bits per heavy atom. The second-order valence-corrected chi connectivity index (χ2v) is 5.63. The molecule has 0 spiro atoms. The summed E-state index contributed by atoms with van der Waals surface area (Å²) in [5.41, 5.74) is 8.40. The number of hydrogen-bond donors (Lipinski definition) is 1. The fourth-order valence-electron chi connectivity index (χ4n) is 2.78. The molecule has 1 fully saturated rings. The summed E-state index contributed by atoms with van der Waals surface area (Å²) in [6, 6.07) is 8.72. The Balaban J connectivity index is 1.92. The van der Waals surface area contributed by atoms with Gasteiger partial charge in [-0.3, -0.25) is 4.79 Å². The average molecular weight is 260 g/mol. The highest BCUT2D eigenvalue weighted by molar-refractivity contribution is 5.79. The van der Waals surface area contributed by atoms with Gasteiger partial charge in [0.05, 0.1) is 0 Å². The molecule has 104 valence electrons. The van der Waals surface area contributed by atoms with Gasteiger partial charge in [-0.05, 0) is 36.8 Å². The molecule has 3 heteroatoms. The Labute approximate surface area is 115 Å². The van der Waals surface area contributed by atoms with Gasteiger partial charge in [0, 0.05) is 25.6 Å². The van der Waals surface area contributed by atoms with Crippen molar-refractivity contribution in [1.29, 1.82) is 0 Å². The molecule has 0 saturated heterocycles. The molecule has 2 unspecified atom stereocenters. The maximum Gasteiger partial charge on any atom is 0.225 e. The first-order valence-electron chi connectivity index (χ1n) is 7.18. The molecule has 0 aliphatic heterocycles. The topological polar surface area (TPSA) is 46.3 Å². The van der Waals surface area contributed by atoms with Crippen LogP contribution < -0.4 is 5.73 Å². The van der Waals surface area contributed by atoms with Crippen LogP contribution in [0.4, 0.5) is 0 Å². The van der Waals surface area contributed by atoms with Crippen molar-refractivity contribution in [2.75, 3.05) is 7.05 Å². The zero-order valence-corrected chi connectivity index (χ0v) is 11.9. The zero-order chi connectivity index (χ0) is 13.8. The Morgan fingerprint density at radius 2 is 1.89 bits per heavy atom. The standard InChI is InChI=1S/C16H24N2O/c1-3-12-4-6-13(7-5-12)11-18(2)16(19)14-8-9-15(17)10-14/h4-7,14-15H,3,8-11,17H2,1-2H3. The Kier molecular flexibility index (Phi) is 4.59. The van der Waals surface area contributed by atoms with Crippen molar-refractivity contribution in [1.82, 2.24) is 4.90 Å².